The molecule has 0 unspecified atom stereocenters. The van der Waals surface area contributed by atoms with Crippen molar-refractivity contribution in [3.05, 3.63) is 66.2 Å². The molecular weight excluding hydrogens is 485 g/mol. The van der Waals surface area contributed by atoms with E-state index in [0.29, 0.717) is 22.7 Å². The molecule has 0 aliphatic carbocycles. The number of H-pyrrole nitrogens is 1. The molecule has 1 aromatic heterocycles. The molecule has 13 heteroatoms. The summed E-state index contributed by atoms with van der Waals surface area (Å²) < 4.78 is 102. The van der Waals surface area contributed by atoms with Crippen LogP contribution >= 0.6 is 0 Å². The molecule has 0 atom stereocenters. The van der Waals surface area contributed by atoms with Gasteiger partial charge in [0.25, 0.3) is 10.0 Å². The first-order chi connectivity index (χ1) is 15.9. The van der Waals surface area contributed by atoms with E-state index in [1.807, 2.05) is 0 Å². The maximum atomic E-state index is 13.2. The van der Waals surface area contributed by atoms with Gasteiger partial charge >= 0.3 is 12.5 Å². The van der Waals surface area contributed by atoms with Crippen LogP contribution in [0, 0.1) is 0 Å². The number of anilines is 1. The molecule has 2 heterocycles. The molecule has 1 aliphatic rings. The SMILES string of the molecule is O=S(=O)(Nc1cccc(C(F)(F)F)c1)c1ccc2nc(-c3ccc4c(c3)OC(F)(F)O4)[nH]c2c1. The van der Waals surface area contributed by atoms with E-state index in [1.165, 1.54) is 42.5 Å². The second-order valence-corrected chi connectivity index (χ2v) is 8.96. The van der Waals surface area contributed by atoms with Crippen LogP contribution in [0.25, 0.3) is 22.4 Å². The number of fused-ring (bicyclic) bond motifs is 2. The highest BCUT2D eigenvalue weighted by atomic mass is 32.2. The Bertz CT molecular complexity index is 1530. The molecule has 7 nitrogen and oxygen atoms in total. The summed E-state index contributed by atoms with van der Waals surface area (Å²) in [5.41, 5.74) is -0.205. The standard InChI is InChI=1S/C21H12F5N3O4S/c22-20(23,24)12-2-1-3-13(9-12)29-34(30,31)14-5-6-15-16(10-14)28-19(27-15)11-4-7-17-18(8-11)33-21(25,26)32-17/h1-10,29H,(H,27,28). The quantitative estimate of drug-likeness (QED) is 0.370. The number of hydrogen-bond acceptors (Lipinski definition) is 5. The lowest BCUT2D eigenvalue weighted by molar-refractivity contribution is -0.286. The fourth-order valence-corrected chi connectivity index (χ4v) is 4.44. The number of benzene rings is 3. The number of halogens is 5. The van der Waals surface area contributed by atoms with Crippen LogP contribution in [0.15, 0.2) is 65.6 Å². The minimum atomic E-state index is -4.63. The van der Waals surface area contributed by atoms with Gasteiger partial charge in [0.05, 0.1) is 21.5 Å². The van der Waals surface area contributed by atoms with Gasteiger partial charge in [-0.05, 0) is 54.6 Å². The molecule has 0 bridgehead atoms. The smallest absolute Gasteiger partial charge is 0.395 e. The Morgan fingerprint density at radius 3 is 2.47 bits per heavy atom. The van der Waals surface area contributed by atoms with Crippen molar-refractivity contribution < 1.29 is 39.8 Å². The monoisotopic (exact) mass is 497 g/mol. The number of aromatic nitrogens is 2. The van der Waals surface area contributed by atoms with Crippen LogP contribution in [0.2, 0.25) is 0 Å². The third kappa shape index (κ3) is 4.09. The van der Waals surface area contributed by atoms with Crippen molar-refractivity contribution in [2.24, 2.45) is 0 Å². The minimum absolute atomic E-state index is 0.140. The van der Waals surface area contributed by atoms with Gasteiger partial charge in [-0.2, -0.15) is 13.2 Å². The molecule has 1 aliphatic heterocycles. The molecule has 3 aromatic carbocycles. The third-order valence-electron chi connectivity index (χ3n) is 4.88. The number of sulfonamides is 1. The number of hydrogen-bond donors (Lipinski definition) is 2. The van der Waals surface area contributed by atoms with Crippen LogP contribution in [0.3, 0.4) is 0 Å². The summed E-state index contributed by atoms with van der Waals surface area (Å²) >= 11 is 0. The second kappa shape index (κ2) is 7.32. The summed E-state index contributed by atoms with van der Waals surface area (Å²) in [4.78, 5) is 6.98. The van der Waals surface area contributed by atoms with Crippen molar-refractivity contribution in [1.29, 1.82) is 0 Å². The predicted octanol–water partition coefficient (Wildman–Crippen LogP) is 5.37. The average Bonchev–Trinajstić information content (AvgIpc) is 3.30. The Hall–Kier alpha value is -3.87. The highest BCUT2D eigenvalue weighted by Gasteiger charge is 2.43. The van der Waals surface area contributed by atoms with E-state index in [4.69, 9.17) is 0 Å². The van der Waals surface area contributed by atoms with Gasteiger partial charge in [-0.15, -0.1) is 8.78 Å². The van der Waals surface area contributed by atoms with E-state index in [-0.39, 0.29) is 27.9 Å². The van der Waals surface area contributed by atoms with E-state index in [9.17, 15) is 30.4 Å². The van der Waals surface area contributed by atoms with Crippen molar-refractivity contribution in [1.82, 2.24) is 9.97 Å². The summed E-state index contributed by atoms with van der Waals surface area (Å²) in [5.74, 6) is -0.0765. The fourth-order valence-electron chi connectivity index (χ4n) is 3.36. The number of nitrogens with zero attached hydrogens (tertiary/aromatic N) is 1. The first-order valence-corrected chi connectivity index (χ1v) is 11.0. The number of alkyl halides is 5. The van der Waals surface area contributed by atoms with Crippen molar-refractivity contribution in [2.45, 2.75) is 17.4 Å². The van der Waals surface area contributed by atoms with Crippen LogP contribution in [0.4, 0.5) is 27.6 Å². The molecular formula is C21H12F5N3O4S. The Kier molecular flexibility index (Phi) is 4.72. The van der Waals surface area contributed by atoms with Gasteiger partial charge in [-0.3, -0.25) is 4.72 Å². The molecule has 0 amide bonds. The lowest BCUT2D eigenvalue weighted by atomic mass is 10.2. The lowest BCUT2D eigenvalue weighted by Crippen LogP contribution is -2.25. The summed E-state index contributed by atoms with van der Waals surface area (Å²) in [7, 11) is -4.23. The van der Waals surface area contributed by atoms with Gasteiger partial charge in [0.15, 0.2) is 11.5 Å². The Morgan fingerprint density at radius 1 is 0.941 bits per heavy atom. The minimum Gasteiger partial charge on any atom is -0.395 e. The molecule has 0 fully saturated rings. The average molecular weight is 497 g/mol. The molecule has 0 radical (unpaired) electrons. The zero-order valence-electron chi connectivity index (χ0n) is 16.7. The van der Waals surface area contributed by atoms with Crippen LogP contribution in [0.5, 0.6) is 11.5 Å². The van der Waals surface area contributed by atoms with E-state index in [1.54, 1.807) is 0 Å². The van der Waals surface area contributed by atoms with Crippen LogP contribution in [-0.4, -0.2) is 24.7 Å². The van der Waals surface area contributed by atoms with Crippen molar-refractivity contribution >= 4 is 26.7 Å². The van der Waals surface area contributed by atoms with Gasteiger partial charge in [-0.1, -0.05) is 6.07 Å². The molecule has 0 saturated carbocycles. The van der Waals surface area contributed by atoms with Gasteiger partial charge < -0.3 is 14.5 Å². The summed E-state index contributed by atoms with van der Waals surface area (Å²) in [6, 6.07) is 11.7. The van der Waals surface area contributed by atoms with E-state index >= 15 is 0 Å². The topological polar surface area (TPSA) is 93.3 Å². The maximum absolute atomic E-state index is 13.2. The molecule has 0 saturated heterocycles. The van der Waals surface area contributed by atoms with Gasteiger partial charge in [0.1, 0.15) is 5.82 Å². The van der Waals surface area contributed by atoms with E-state index in [0.717, 1.165) is 12.1 Å². The Labute approximate surface area is 188 Å². The number of aromatic amines is 1. The summed E-state index contributed by atoms with van der Waals surface area (Å²) in [5, 5.41) is 0. The molecule has 176 valence electrons. The first-order valence-electron chi connectivity index (χ1n) is 9.50. The van der Waals surface area contributed by atoms with Crippen molar-refractivity contribution in [3.8, 4) is 22.9 Å². The molecule has 5 rings (SSSR count). The molecule has 34 heavy (non-hydrogen) atoms. The predicted molar refractivity (Wildman–Crippen MR) is 110 cm³/mol. The molecule has 4 aromatic rings. The molecule has 0 spiro atoms. The third-order valence-corrected chi connectivity index (χ3v) is 6.26. The van der Waals surface area contributed by atoms with Crippen molar-refractivity contribution in [3.63, 3.8) is 0 Å². The lowest BCUT2D eigenvalue weighted by Gasteiger charge is -2.11. The van der Waals surface area contributed by atoms with Crippen molar-refractivity contribution in [2.75, 3.05) is 4.72 Å². The van der Waals surface area contributed by atoms with E-state index in [2.05, 4.69) is 24.2 Å². The first kappa shape index (κ1) is 21.9. The fraction of sp³-hybridized carbons (Fsp3) is 0.0952. The zero-order valence-corrected chi connectivity index (χ0v) is 17.5. The van der Waals surface area contributed by atoms with Crippen LogP contribution in [0.1, 0.15) is 5.56 Å². The summed E-state index contributed by atoms with van der Waals surface area (Å²) in [6.07, 6.45) is -8.40. The number of ether oxygens (including phenoxy) is 2. The van der Waals surface area contributed by atoms with Crippen LogP contribution in [-0.2, 0) is 16.2 Å². The maximum Gasteiger partial charge on any atom is 0.586 e. The number of imidazole rings is 1. The van der Waals surface area contributed by atoms with Gasteiger partial charge in [0.2, 0.25) is 0 Å². The van der Waals surface area contributed by atoms with Crippen LogP contribution < -0.4 is 14.2 Å². The number of nitrogens with one attached hydrogen (secondary N) is 2. The molecule has 2 N–H and O–H groups in total. The number of rotatable bonds is 4. The Morgan fingerprint density at radius 2 is 1.71 bits per heavy atom. The second-order valence-electron chi connectivity index (χ2n) is 7.28. The normalized spacial score (nSPS) is 15.0. The zero-order chi connectivity index (χ0) is 24.3. The summed E-state index contributed by atoms with van der Waals surface area (Å²) in [6.45, 7) is 0. The Balaban J connectivity index is 1.44. The van der Waals surface area contributed by atoms with Gasteiger partial charge in [-0.25, -0.2) is 13.4 Å². The van der Waals surface area contributed by atoms with Gasteiger partial charge in [0, 0.05) is 11.3 Å². The largest absolute Gasteiger partial charge is 0.586 e. The highest BCUT2D eigenvalue weighted by molar-refractivity contribution is 7.92. The van der Waals surface area contributed by atoms with E-state index < -0.39 is 28.1 Å². The highest BCUT2D eigenvalue weighted by Crippen LogP contribution is 2.42.